The number of rotatable bonds is 14. The molecule has 1 saturated heterocycles. The first-order chi connectivity index (χ1) is 26.4. The van der Waals surface area contributed by atoms with Crippen LogP contribution in [0.2, 0.25) is 0 Å². The average Bonchev–Trinajstić information content (AvgIpc) is 3.71. The lowest BCUT2D eigenvalue weighted by Crippen LogP contribution is -2.49. The van der Waals surface area contributed by atoms with E-state index in [9.17, 15) is 24.2 Å². The molecule has 2 aromatic carbocycles. The highest BCUT2D eigenvalue weighted by Crippen LogP contribution is 2.57. The quantitative estimate of drug-likeness (QED) is 0.0946. The molecule has 4 aromatic rings. The van der Waals surface area contributed by atoms with Gasteiger partial charge in [-0.1, -0.05) is 56.7 Å². The maximum Gasteiger partial charge on any atom is 0.459 e. The molecule has 6 atom stereocenters. The van der Waals surface area contributed by atoms with Crippen LogP contribution in [0, 0.1) is 16.7 Å². The van der Waals surface area contributed by atoms with Crippen LogP contribution in [0.5, 0.6) is 5.75 Å². The number of aromatic nitrogens is 3. The summed E-state index contributed by atoms with van der Waals surface area (Å²) in [4.78, 5) is 43.1. The average molecular weight is 775 g/mol. The van der Waals surface area contributed by atoms with Crippen LogP contribution in [0.4, 0.5) is 5.82 Å². The molecular formula is C38H43N6O10P. The van der Waals surface area contributed by atoms with Crippen molar-refractivity contribution in [2.75, 3.05) is 12.3 Å². The van der Waals surface area contributed by atoms with E-state index in [-0.39, 0.29) is 41.6 Å². The van der Waals surface area contributed by atoms with E-state index in [4.69, 9.17) is 33.7 Å². The first kappa shape index (κ1) is 38.2. The summed E-state index contributed by atoms with van der Waals surface area (Å²) in [6, 6.07) is 16.5. The lowest BCUT2D eigenvalue weighted by atomic mass is 9.55. The molecule has 3 aliphatic rings. The molecule has 55 heavy (non-hydrogen) atoms. The number of nitrogen functional groups attached to an aromatic ring is 1. The standard InChI is InChI=1S/C38H43N6O10P/c1-4-31(45)51-33-29(53-38(21-39,34(33)52-32(46)5-2)30-15-14-27-35(40)41-22-42-44(27)30)20-49-55(48,54-28-13-8-11-24-10-6-7-12-26(24)28)43-23(3)36(47)50-25-18-37(19-25)16-9-17-37/h6-8,10-15,22-23,25,29,33-34H,4-5,9,16-20H2,1-3H3,(H,43,48)(H2,40,41,42)/t23-,29+,33+,34+,38-,55?/m0/s1. The molecule has 2 saturated carbocycles. The van der Waals surface area contributed by atoms with Crippen molar-refractivity contribution in [3.05, 3.63) is 66.6 Å². The van der Waals surface area contributed by atoms with Crippen molar-refractivity contribution in [3.63, 3.8) is 0 Å². The largest absolute Gasteiger partial charge is 0.461 e. The van der Waals surface area contributed by atoms with Gasteiger partial charge in [0.1, 0.15) is 41.9 Å². The molecule has 1 spiro atoms. The summed E-state index contributed by atoms with van der Waals surface area (Å²) in [5, 5.41) is 19.3. The number of fused-ring (bicyclic) bond motifs is 2. The molecule has 0 radical (unpaired) electrons. The number of carbonyl (C=O) groups is 3. The van der Waals surface area contributed by atoms with E-state index >= 15 is 0 Å². The fourth-order valence-electron chi connectivity index (χ4n) is 7.56. The Kier molecular flexibility index (Phi) is 10.6. The highest BCUT2D eigenvalue weighted by molar-refractivity contribution is 7.52. The maximum absolute atomic E-state index is 14.9. The van der Waals surface area contributed by atoms with Crippen molar-refractivity contribution in [2.24, 2.45) is 5.41 Å². The number of anilines is 1. The van der Waals surface area contributed by atoms with Crippen LogP contribution in [0.3, 0.4) is 0 Å². The molecule has 290 valence electrons. The summed E-state index contributed by atoms with van der Waals surface area (Å²) in [6.07, 6.45) is 1.45. The summed E-state index contributed by atoms with van der Waals surface area (Å²) in [5.41, 5.74) is 4.64. The van der Waals surface area contributed by atoms with Gasteiger partial charge in [-0.25, -0.2) is 14.1 Å². The zero-order valence-corrected chi connectivity index (χ0v) is 31.6. The Labute approximate surface area is 317 Å². The van der Waals surface area contributed by atoms with Gasteiger partial charge in [-0.2, -0.15) is 15.4 Å². The van der Waals surface area contributed by atoms with Gasteiger partial charge >= 0.3 is 25.7 Å². The number of hydrogen-bond donors (Lipinski definition) is 2. The Morgan fingerprint density at radius 1 is 1.05 bits per heavy atom. The minimum Gasteiger partial charge on any atom is -0.461 e. The second-order valence-corrected chi connectivity index (χ2v) is 16.0. The van der Waals surface area contributed by atoms with Gasteiger partial charge in [0.15, 0.2) is 18.0 Å². The highest BCUT2D eigenvalue weighted by atomic mass is 31.2. The van der Waals surface area contributed by atoms with Crippen molar-refractivity contribution >= 4 is 47.8 Å². The topological polar surface area (TPSA) is 216 Å². The minimum absolute atomic E-state index is 0.0676. The molecule has 7 rings (SSSR count). The van der Waals surface area contributed by atoms with E-state index in [1.54, 1.807) is 44.2 Å². The Balaban J connectivity index is 1.21. The van der Waals surface area contributed by atoms with Crippen LogP contribution in [0.25, 0.3) is 16.3 Å². The van der Waals surface area contributed by atoms with Crippen LogP contribution >= 0.6 is 7.75 Å². The van der Waals surface area contributed by atoms with Crippen molar-refractivity contribution in [1.29, 1.82) is 5.26 Å². The van der Waals surface area contributed by atoms with Gasteiger partial charge in [0.25, 0.3) is 0 Å². The molecule has 2 aliphatic carbocycles. The van der Waals surface area contributed by atoms with E-state index < -0.39 is 62.2 Å². The molecule has 0 amide bonds. The fourth-order valence-corrected chi connectivity index (χ4v) is 9.08. The Morgan fingerprint density at radius 2 is 1.78 bits per heavy atom. The molecule has 3 heterocycles. The molecule has 2 aromatic heterocycles. The second-order valence-electron chi connectivity index (χ2n) is 14.3. The second kappa shape index (κ2) is 15.2. The number of carbonyl (C=O) groups excluding carboxylic acids is 3. The van der Waals surface area contributed by atoms with E-state index in [0.717, 1.165) is 31.1 Å². The van der Waals surface area contributed by atoms with Gasteiger partial charge in [-0.05, 0) is 61.6 Å². The molecular weight excluding hydrogens is 731 g/mol. The molecule has 1 unspecified atom stereocenters. The SMILES string of the molecule is CCC(=O)O[C@H]1[C@@H](OC(=O)CC)[C@](C#N)(c2ccc3c(N)ncnn23)O[C@@H]1COP(=O)(N[C@@H](C)C(=O)OC1CC2(CCC2)C1)Oc1cccc2ccccc12. The lowest BCUT2D eigenvalue weighted by molar-refractivity contribution is -0.169. The molecule has 3 N–H and O–H groups in total. The lowest BCUT2D eigenvalue weighted by Gasteiger charge is -2.53. The van der Waals surface area contributed by atoms with Crippen LogP contribution in [-0.2, 0) is 48.0 Å². The van der Waals surface area contributed by atoms with E-state index in [2.05, 4.69) is 21.2 Å². The van der Waals surface area contributed by atoms with Crippen molar-refractivity contribution in [1.82, 2.24) is 19.7 Å². The van der Waals surface area contributed by atoms with Gasteiger partial charge in [-0.3, -0.25) is 18.9 Å². The smallest absolute Gasteiger partial charge is 0.459 e. The van der Waals surface area contributed by atoms with Crippen LogP contribution in [0.1, 0.15) is 71.4 Å². The molecule has 1 aliphatic heterocycles. The monoisotopic (exact) mass is 774 g/mol. The number of nitrogens with two attached hydrogens (primary N) is 1. The third-order valence-electron chi connectivity index (χ3n) is 10.6. The number of benzene rings is 2. The molecule has 3 fully saturated rings. The number of esters is 3. The first-order valence-electron chi connectivity index (χ1n) is 18.4. The summed E-state index contributed by atoms with van der Waals surface area (Å²) < 4.78 is 52.2. The third kappa shape index (κ3) is 7.37. The maximum atomic E-state index is 14.9. The van der Waals surface area contributed by atoms with Gasteiger partial charge in [0, 0.05) is 18.2 Å². The number of ether oxygens (including phenoxy) is 4. The van der Waals surface area contributed by atoms with E-state index in [1.165, 1.54) is 30.3 Å². The van der Waals surface area contributed by atoms with E-state index in [1.807, 2.05) is 18.2 Å². The van der Waals surface area contributed by atoms with Crippen LogP contribution < -0.4 is 15.3 Å². The Bertz CT molecular complexity index is 2190. The first-order valence-corrected chi connectivity index (χ1v) is 19.9. The van der Waals surface area contributed by atoms with Gasteiger partial charge in [-0.15, -0.1) is 0 Å². The zero-order valence-electron chi connectivity index (χ0n) is 30.7. The summed E-state index contributed by atoms with van der Waals surface area (Å²) >= 11 is 0. The van der Waals surface area contributed by atoms with Gasteiger partial charge < -0.3 is 29.2 Å². The normalized spacial score (nSPS) is 24.6. The van der Waals surface area contributed by atoms with Crippen LogP contribution in [0.15, 0.2) is 60.9 Å². The Hall–Kier alpha value is -5.07. The zero-order chi connectivity index (χ0) is 39.0. The third-order valence-corrected chi connectivity index (χ3v) is 12.3. The summed E-state index contributed by atoms with van der Waals surface area (Å²) in [6.45, 7) is 4.00. The molecule has 16 nitrogen and oxygen atoms in total. The molecule has 17 heteroatoms. The predicted molar refractivity (Wildman–Crippen MR) is 196 cm³/mol. The Morgan fingerprint density at radius 3 is 2.49 bits per heavy atom. The van der Waals surface area contributed by atoms with Crippen molar-refractivity contribution in [2.45, 2.75) is 102 Å². The van der Waals surface area contributed by atoms with Crippen molar-refractivity contribution < 1.29 is 46.9 Å². The molecule has 0 bridgehead atoms. The van der Waals surface area contributed by atoms with Gasteiger partial charge in [0.05, 0.1) is 12.3 Å². The van der Waals surface area contributed by atoms with Crippen LogP contribution in [-0.4, -0.2) is 69.6 Å². The summed E-state index contributed by atoms with van der Waals surface area (Å²) in [7, 11) is -4.54. The number of nitriles is 1. The number of nitrogens with one attached hydrogen (secondary N) is 1. The fraction of sp³-hybridized carbons (Fsp3) is 0.474. The number of nitrogens with zero attached hydrogens (tertiary/aromatic N) is 4. The minimum atomic E-state index is -4.54. The highest BCUT2D eigenvalue weighted by Gasteiger charge is 2.63. The van der Waals surface area contributed by atoms with Gasteiger partial charge in [0.2, 0.25) is 5.60 Å². The van der Waals surface area contributed by atoms with Crippen molar-refractivity contribution in [3.8, 4) is 11.8 Å². The van der Waals surface area contributed by atoms with E-state index in [0.29, 0.717) is 10.9 Å². The number of hydrogen-bond acceptors (Lipinski definition) is 14. The summed E-state index contributed by atoms with van der Waals surface area (Å²) in [5.74, 6) is -1.74. The predicted octanol–water partition coefficient (Wildman–Crippen LogP) is 5.28.